The molecule has 0 heterocycles. The van der Waals surface area contributed by atoms with Crippen molar-refractivity contribution in [1.82, 2.24) is 5.32 Å². The molecule has 4 nitrogen and oxygen atoms in total. The maximum absolute atomic E-state index is 12.0. The summed E-state index contributed by atoms with van der Waals surface area (Å²) in [5.41, 5.74) is 2.72. The molecule has 0 saturated heterocycles. The van der Waals surface area contributed by atoms with Gasteiger partial charge in [0.2, 0.25) is 11.8 Å². The molecule has 0 fully saturated rings. The Morgan fingerprint density at radius 1 is 0.958 bits per heavy atom. The molecular formula is C19H21BrN2O2. The summed E-state index contributed by atoms with van der Waals surface area (Å²) in [4.78, 5) is 23.6. The van der Waals surface area contributed by atoms with E-state index in [1.54, 1.807) is 0 Å². The summed E-state index contributed by atoms with van der Waals surface area (Å²) in [5.74, 6) is -0.0809. The normalized spacial score (nSPS) is 10.5. The Kier molecular flexibility index (Phi) is 6.55. The maximum atomic E-state index is 12.0. The fraction of sp³-hybridized carbons (Fsp3) is 0.263. The average Bonchev–Trinajstić information content (AvgIpc) is 2.56. The molecular weight excluding hydrogens is 368 g/mol. The van der Waals surface area contributed by atoms with Gasteiger partial charge < -0.3 is 10.6 Å². The zero-order valence-electron chi connectivity index (χ0n) is 13.8. The minimum absolute atomic E-state index is 0.00875. The van der Waals surface area contributed by atoms with Gasteiger partial charge in [-0.05, 0) is 35.4 Å². The Bertz CT molecular complexity index is 694. The first-order valence-electron chi connectivity index (χ1n) is 7.85. The van der Waals surface area contributed by atoms with E-state index in [4.69, 9.17) is 0 Å². The number of amides is 2. The Morgan fingerprint density at radius 3 is 2.12 bits per heavy atom. The third-order valence-corrected chi connectivity index (χ3v) is 4.04. The van der Waals surface area contributed by atoms with E-state index in [1.807, 2.05) is 62.4 Å². The number of hydrogen-bond acceptors (Lipinski definition) is 2. The van der Waals surface area contributed by atoms with Gasteiger partial charge >= 0.3 is 0 Å². The van der Waals surface area contributed by atoms with Gasteiger partial charge in [-0.3, -0.25) is 9.59 Å². The fourth-order valence-electron chi connectivity index (χ4n) is 2.04. The molecule has 126 valence electrons. The van der Waals surface area contributed by atoms with E-state index in [-0.39, 0.29) is 17.7 Å². The Labute approximate surface area is 150 Å². The molecule has 2 aromatic carbocycles. The second kappa shape index (κ2) is 8.64. The molecule has 5 heteroatoms. The van der Waals surface area contributed by atoms with Crippen LogP contribution in [0.4, 0.5) is 5.69 Å². The van der Waals surface area contributed by atoms with Gasteiger partial charge in [0.1, 0.15) is 0 Å². The molecule has 0 bridgehead atoms. The highest BCUT2D eigenvalue weighted by atomic mass is 79.9. The Hall–Kier alpha value is -2.14. The van der Waals surface area contributed by atoms with Crippen molar-refractivity contribution in [2.45, 2.75) is 26.8 Å². The molecule has 24 heavy (non-hydrogen) atoms. The lowest BCUT2D eigenvalue weighted by Crippen LogP contribution is -2.24. The van der Waals surface area contributed by atoms with E-state index < -0.39 is 0 Å². The van der Waals surface area contributed by atoms with Crippen molar-refractivity contribution < 1.29 is 9.59 Å². The molecule has 2 N–H and O–H groups in total. The van der Waals surface area contributed by atoms with Crippen LogP contribution < -0.4 is 10.6 Å². The molecule has 0 spiro atoms. The van der Waals surface area contributed by atoms with Crippen LogP contribution in [0.3, 0.4) is 0 Å². The largest absolute Gasteiger partial charge is 0.352 e. The average molecular weight is 389 g/mol. The third kappa shape index (κ3) is 5.81. The smallest absolute Gasteiger partial charge is 0.226 e. The highest BCUT2D eigenvalue weighted by molar-refractivity contribution is 9.10. The minimum Gasteiger partial charge on any atom is -0.352 e. The van der Waals surface area contributed by atoms with E-state index in [0.29, 0.717) is 13.0 Å². The summed E-state index contributed by atoms with van der Waals surface area (Å²) >= 11 is 3.37. The number of halogens is 1. The van der Waals surface area contributed by atoms with Gasteiger partial charge in [-0.1, -0.05) is 54.0 Å². The third-order valence-electron chi connectivity index (χ3n) is 3.51. The zero-order valence-corrected chi connectivity index (χ0v) is 15.4. The fourth-order valence-corrected chi connectivity index (χ4v) is 2.31. The predicted molar refractivity (Wildman–Crippen MR) is 99.6 cm³/mol. The van der Waals surface area contributed by atoms with Crippen molar-refractivity contribution >= 4 is 33.4 Å². The molecule has 0 aromatic heterocycles. The Balaban J connectivity index is 1.82. The summed E-state index contributed by atoms with van der Waals surface area (Å²) in [6.07, 6.45) is 0.357. The molecule has 2 rings (SSSR count). The molecule has 0 radical (unpaired) electrons. The summed E-state index contributed by atoms with van der Waals surface area (Å²) < 4.78 is 0.997. The topological polar surface area (TPSA) is 58.2 Å². The van der Waals surface area contributed by atoms with Crippen LogP contribution >= 0.6 is 15.9 Å². The lowest BCUT2D eigenvalue weighted by atomic mass is 10.1. The van der Waals surface area contributed by atoms with Gasteiger partial charge in [0, 0.05) is 22.6 Å². The van der Waals surface area contributed by atoms with Crippen LogP contribution in [0.5, 0.6) is 0 Å². The summed E-state index contributed by atoms with van der Waals surface area (Å²) in [5, 5.41) is 5.74. The monoisotopic (exact) mass is 388 g/mol. The first-order valence-corrected chi connectivity index (χ1v) is 8.64. The number of benzene rings is 2. The van der Waals surface area contributed by atoms with Crippen molar-refractivity contribution in [2.24, 2.45) is 5.92 Å². The number of carbonyl (C=O) groups is 2. The standard InChI is InChI=1S/C19H21BrN2O2/c1-13(2)19(24)22-17-9-5-15(6-10-17)12-21-18(23)11-14-3-7-16(20)8-4-14/h3-10,13H,11-12H2,1-2H3,(H,21,23)(H,22,24). The molecule has 0 saturated carbocycles. The lowest BCUT2D eigenvalue weighted by Gasteiger charge is -2.09. The lowest BCUT2D eigenvalue weighted by molar-refractivity contribution is -0.120. The number of hydrogen-bond donors (Lipinski definition) is 2. The van der Waals surface area contributed by atoms with Gasteiger partial charge in [-0.25, -0.2) is 0 Å². The van der Waals surface area contributed by atoms with E-state index in [2.05, 4.69) is 26.6 Å². The van der Waals surface area contributed by atoms with Crippen molar-refractivity contribution in [3.05, 3.63) is 64.1 Å². The van der Waals surface area contributed by atoms with Gasteiger partial charge in [-0.15, -0.1) is 0 Å². The molecule has 0 atom stereocenters. The van der Waals surface area contributed by atoms with E-state index in [9.17, 15) is 9.59 Å². The molecule has 2 aromatic rings. The van der Waals surface area contributed by atoms with Crippen molar-refractivity contribution in [1.29, 1.82) is 0 Å². The molecule has 2 amide bonds. The minimum atomic E-state index is -0.0532. The van der Waals surface area contributed by atoms with Gasteiger partial charge in [-0.2, -0.15) is 0 Å². The van der Waals surface area contributed by atoms with Crippen LogP contribution in [0, 0.1) is 5.92 Å². The summed E-state index contributed by atoms with van der Waals surface area (Å²) in [6, 6.07) is 15.2. The van der Waals surface area contributed by atoms with Crippen LogP contribution in [-0.2, 0) is 22.6 Å². The second-order valence-corrected chi connectivity index (χ2v) is 6.84. The van der Waals surface area contributed by atoms with E-state index in [1.165, 1.54) is 0 Å². The molecule has 0 aliphatic heterocycles. The van der Waals surface area contributed by atoms with E-state index in [0.717, 1.165) is 21.3 Å². The van der Waals surface area contributed by atoms with Gasteiger partial charge in [0.15, 0.2) is 0 Å². The van der Waals surface area contributed by atoms with Crippen molar-refractivity contribution in [3.8, 4) is 0 Å². The number of carbonyl (C=O) groups excluding carboxylic acids is 2. The van der Waals surface area contributed by atoms with Gasteiger partial charge in [0.05, 0.1) is 6.42 Å². The van der Waals surface area contributed by atoms with Crippen LogP contribution in [0.2, 0.25) is 0 Å². The molecule has 0 unspecified atom stereocenters. The molecule has 0 aliphatic carbocycles. The maximum Gasteiger partial charge on any atom is 0.226 e. The highest BCUT2D eigenvalue weighted by Crippen LogP contribution is 2.12. The number of rotatable bonds is 6. The zero-order chi connectivity index (χ0) is 17.5. The summed E-state index contributed by atoms with van der Waals surface area (Å²) in [6.45, 7) is 4.17. The van der Waals surface area contributed by atoms with Crippen LogP contribution in [0.25, 0.3) is 0 Å². The first-order chi connectivity index (χ1) is 11.4. The summed E-state index contributed by atoms with van der Waals surface area (Å²) in [7, 11) is 0. The number of nitrogens with one attached hydrogen (secondary N) is 2. The first kappa shape index (κ1) is 18.2. The van der Waals surface area contributed by atoms with Crippen LogP contribution in [0.15, 0.2) is 53.0 Å². The number of anilines is 1. The quantitative estimate of drug-likeness (QED) is 0.787. The highest BCUT2D eigenvalue weighted by Gasteiger charge is 2.07. The predicted octanol–water partition coefficient (Wildman–Crippen LogP) is 3.90. The van der Waals surface area contributed by atoms with Crippen molar-refractivity contribution in [3.63, 3.8) is 0 Å². The van der Waals surface area contributed by atoms with Crippen LogP contribution in [-0.4, -0.2) is 11.8 Å². The van der Waals surface area contributed by atoms with Gasteiger partial charge in [0.25, 0.3) is 0 Å². The van der Waals surface area contributed by atoms with Crippen LogP contribution in [0.1, 0.15) is 25.0 Å². The second-order valence-electron chi connectivity index (χ2n) is 5.92. The van der Waals surface area contributed by atoms with Crippen molar-refractivity contribution in [2.75, 3.05) is 5.32 Å². The van der Waals surface area contributed by atoms with E-state index >= 15 is 0 Å². The Morgan fingerprint density at radius 2 is 1.54 bits per heavy atom. The SMILES string of the molecule is CC(C)C(=O)Nc1ccc(CNC(=O)Cc2ccc(Br)cc2)cc1. The molecule has 0 aliphatic rings.